The van der Waals surface area contributed by atoms with Crippen molar-refractivity contribution in [3.8, 4) is 5.88 Å². The Hall–Kier alpha value is -3.23. The minimum absolute atomic E-state index is 0.174. The van der Waals surface area contributed by atoms with Crippen LogP contribution in [0.15, 0.2) is 30.5 Å². The van der Waals surface area contributed by atoms with Gasteiger partial charge < -0.3 is 15.2 Å². The van der Waals surface area contributed by atoms with Crippen LogP contribution in [0, 0.1) is 10.1 Å². The van der Waals surface area contributed by atoms with Crippen LogP contribution in [0.2, 0.25) is 0 Å². The lowest BCUT2D eigenvalue weighted by molar-refractivity contribution is -0.384. The number of anilines is 2. The summed E-state index contributed by atoms with van der Waals surface area (Å²) in [5.74, 6) is -1.07. The molecule has 0 saturated carbocycles. The minimum Gasteiger partial charge on any atom is -0.481 e. The number of hydrogen-bond donors (Lipinski definition) is 2. The number of pyridine rings is 2. The number of carboxylic acids is 1. The third-order valence-corrected chi connectivity index (χ3v) is 2.50. The van der Waals surface area contributed by atoms with Gasteiger partial charge in [0.1, 0.15) is 0 Å². The summed E-state index contributed by atoms with van der Waals surface area (Å²) in [6, 6.07) is 5.27. The normalized spacial score (nSPS) is 9.95. The average Bonchev–Trinajstić information content (AvgIpc) is 2.47. The fourth-order valence-electron chi connectivity index (χ4n) is 1.52. The van der Waals surface area contributed by atoms with Gasteiger partial charge in [-0.15, -0.1) is 0 Å². The molecule has 0 spiro atoms. The molecule has 0 aliphatic carbocycles. The first-order valence-electron chi connectivity index (χ1n) is 5.67. The molecule has 0 aliphatic rings. The first-order chi connectivity index (χ1) is 10.0. The number of aromatic nitrogens is 2. The molecule has 0 unspecified atom stereocenters. The number of ether oxygens (including phenoxy) is 1. The highest BCUT2D eigenvalue weighted by Crippen LogP contribution is 2.26. The molecule has 0 aromatic carbocycles. The van der Waals surface area contributed by atoms with Crippen LogP contribution in [0.25, 0.3) is 0 Å². The van der Waals surface area contributed by atoms with Gasteiger partial charge in [-0.1, -0.05) is 0 Å². The van der Waals surface area contributed by atoms with E-state index in [4.69, 9.17) is 9.84 Å². The fraction of sp³-hybridized carbons (Fsp3) is 0.0833. The number of nitro groups is 1. The number of nitrogens with one attached hydrogen (secondary N) is 1. The van der Waals surface area contributed by atoms with Gasteiger partial charge in [0.15, 0.2) is 5.69 Å². The highest BCUT2D eigenvalue weighted by Gasteiger charge is 2.18. The molecule has 108 valence electrons. The Morgan fingerprint density at radius 3 is 2.67 bits per heavy atom. The van der Waals surface area contributed by atoms with Gasteiger partial charge in [-0.05, 0) is 12.1 Å². The molecule has 0 amide bonds. The third kappa shape index (κ3) is 3.21. The maximum atomic E-state index is 10.9. The van der Waals surface area contributed by atoms with Gasteiger partial charge in [0.25, 0.3) is 0 Å². The lowest BCUT2D eigenvalue weighted by Gasteiger charge is -2.07. The standard InChI is InChI=1S/C12H10N4O5/c1-21-10-5-2-7(6-13-10)14-11-9(16(19)20)4-3-8(15-11)12(17)18/h2-6H,1H3,(H,14,15)(H,17,18). The van der Waals surface area contributed by atoms with Crippen molar-refractivity contribution in [2.45, 2.75) is 0 Å². The number of aromatic carboxylic acids is 1. The molecule has 0 atom stereocenters. The van der Waals surface area contributed by atoms with Gasteiger partial charge in [0.05, 0.1) is 23.9 Å². The molecule has 9 nitrogen and oxygen atoms in total. The molecule has 2 aromatic heterocycles. The van der Waals surface area contributed by atoms with Gasteiger partial charge in [0.2, 0.25) is 11.7 Å². The molecule has 2 N–H and O–H groups in total. The van der Waals surface area contributed by atoms with E-state index >= 15 is 0 Å². The third-order valence-electron chi connectivity index (χ3n) is 2.50. The molecule has 0 radical (unpaired) electrons. The van der Waals surface area contributed by atoms with Gasteiger partial charge in [-0.3, -0.25) is 10.1 Å². The van der Waals surface area contributed by atoms with Crippen LogP contribution in [0.5, 0.6) is 5.88 Å². The van der Waals surface area contributed by atoms with E-state index in [0.717, 1.165) is 12.1 Å². The van der Waals surface area contributed by atoms with Gasteiger partial charge in [0, 0.05) is 12.1 Å². The molecule has 0 fully saturated rings. The average molecular weight is 290 g/mol. The molecule has 21 heavy (non-hydrogen) atoms. The van der Waals surface area contributed by atoms with Crippen LogP contribution >= 0.6 is 0 Å². The summed E-state index contributed by atoms with van der Waals surface area (Å²) in [5, 5.41) is 22.5. The van der Waals surface area contributed by atoms with Crippen LogP contribution in [0.3, 0.4) is 0 Å². The maximum Gasteiger partial charge on any atom is 0.354 e. The van der Waals surface area contributed by atoms with Crippen molar-refractivity contribution < 1.29 is 19.6 Å². The van der Waals surface area contributed by atoms with Crippen molar-refractivity contribution in [1.29, 1.82) is 0 Å². The van der Waals surface area contributed by atoms with E-state index in [-0.39, 0.29) is 17.2 Å². The second-order valence-electron chi connectivity index (χ2n) is 3.84. The van der Waals surface area contributed by atoms with Crippen molar-refractivity contribution >= 4 is 23.2 Å². The topological polar surface area (TPSA) is 127 Å². The first kappa shape index (κ1) is 14.2. The zero-order chi connectivity index (χ0) is 15.4. The van der Waals surface area contributed by atoms with E-state index in [1.807, 2.05) is 0 Å². The van der Waals surface area contributed by atoms with Crippen LogP contribution in [-0.4, -0.2) is 33.1 Å². The first-order valence-corrected chi connectivity index (χ1v) is 5.67. The van der Waals surface area contributed by atoms with Crippen molar-refractivity contribution in [3.05, 3.63) is 46.3 Å². The van der Waals surface area contributed by atoms with E-state index in [0.29, 0.717) is 11.6 Å². The van der Waals surface area contributed by atoms with Crippen LogP contribution < -0.4 is 10.1 Å². The van der Waals surface area contributed by atoms with Crippen molar-refractivity contribution in [1.82, 2.24) is 9.97 Å². The summed E-state index contributed by atoms with van der Waals surface area (Å²) in [4.78, 5) is 28.8. The number of carbonyl (C=O) groups is 1. The Bertz CT molecular complexity index is 687. The molecule has 9 heteroatoms. The Balaban J connectivity index is 2.37. The van der Waals surface area contributed by atoms with Crippen molar-refractivity contribution in [3.63, 3.8) is 0 Å². The molecule has 2 rings (SSSR count). The van der Waals surface area contributed by atoms with E-state index in [1.165, 1.54) is 13.3 Å². The number of hydrogen-bond acceptors (Lipinski definition) is 7. The molecule has 0 aliphatic heterocycles. The number of rotatable bonds is 5. The summed E-state index contributed by atoms with van der Waals surface area (Å²) in [6.45, 7) is 0. The Morgan fingerprint density at radius 1 is 1.38 bits per heavy atom. The van der Waals surface area contributed by atoms with Gasteiger partial charge in [-0.2, -0.15) is 0 Å². The molecular formula is C12H10N4O5. The number of nitrogens with zero attached hydrogens (tertiary/aromatic N) is 3. The van der Waals surface area contributed by atoms with E-state index in [1.54, 1.807) is 12.1 Å². The predicted molar refractivity (Wildman–Crippen MR) is 71.9 cm³/mol. The zero-order valence-electron chi connectivity index (χ0n) is 10.8. The number of carboxylic acid groups (broad SMARTS) is 1. The van der Waals surface area contributed by atoms with Gasteiger partial charge in [-0.25, -0.2) is 14.8 Å². The van der Waals surface area contributed by atoms with E-state index < -0.39 is 10.9 Å². The highest BCUT2D eigenvalue weighted by molar-refractivity contribution is 5.86. The van der Waals surface area contributed by atoms with Gasteiger partial charge >= 0.3 is 11.7 Å². The second-order valence-corrected chi connectivity index (χ2v) is 3.84. The second kappa shape index (κ2) is 5.82. The lowest BCUT2D eigenvalue weighted by atomic mass is 10.3. The molecular weight excluding hydrogens is 280 g/mol. The van der Waals surface area contributed by atoms with Crippen LogP contribution in [0.1, 0.15) is 10.5 Å². The molecule has 2 aromatic rings. The Morgan fingerprint density at radius 2 is 2.14 bits per heavy atom. The Kier molecular flexibility index (Phi) is 3.93. The fourth-order valence-corrected chi connectivity index (χ4v) is 1.52. The molecule has 2 heterocycles. The summed E-state index contributed by atoms with van der Waals surface area (Å²) in [5.41, 5.74) is -0.227. The number of methoxy groups -OCH3 is 1. The summed E-state index contributed by atoms with van der Waals surface area (Å²) >= 11 is 0. The quantitative estimate of drug-likeness (QED) is 0.630. The van der Waals surface area contributed by atoms with E-state index in [2.05, 4.69) is 15.3 Å². The van der Waals surface area contributed by atoms with Crippen LogP contribution in [0.4, 0.5) is 17.2 Å². The smallest absolute Gasteiger partial charge is 0.354 e. The predicted octanol–water partition coefficient (Wildman–Crippen LogP) is 1.84. The zero-order valence-corrected chi connectivity index (χ0v) is 10.8. The highest BCUT2D eigenvalue weighted by atomic mass is 16.6. The Labute approximate surface area is 118 Å². The maximum absolute atomic E-state index is 10.9. The van der Waals surface area contributed by atoms with Crippen LogP contribution in [-0.2, 0) is 0 Å². The largest absolute Gasteiger partial charge is 0.481 e. The van der Waals surface area contributed by atoms with Crippen molar-refractivity contribution in [2.24, 2.45) is 0 Å². The molecule has 0 bridgehead atoms. The lowest BCUT2D eigenvalue weighted by Crippen LogP contribution is -2.06. The van der Waals surface area contributed by atoms with E-state index in [9.17, 15) is 14.9 Å². The monoisotopic (exact) mass is 290 g/mol. The summed E-state index contributed by atoms with van der Waals surface area (Å²) < 4.78 is 4.89. The summed E-state index contributed by atoms with van der Waals surface area (Å²) in [7, 11) is 1.46. The summed E-state index contributed by atoms with van der Waals surface area (Å²) in [6.07, 6.45) is 1.39. The SMILES string of the molecule is COc1ccc(Nc2nc(C(=O)O)ccc2[N+](=O)[O-])cn1. The molecule has 0 saturated heterocycles. The van der Waals surface area contributed by atoms with Crippen molar-refractivity contribution in [2.75, 3.05) is 12.4 Å². The minimum atomic E-state index is -1.28.